The summed E-state index contributed by atoms with van der Waals surface area (Å²) in [6.07, 6.45) is -5.56. The van der Waals surface area contributed by atoms with Gasteiger partial charge in [0.2, 0.25) is 0 Å². The van der Waals surface area contributed by atoms with E-state index < -0.39 is 29.7 Å². The van der Waals surface area contributed by atoms with Crippen molar-refractivity contribution in [2.24, 2.45) is 5.73 Å². The Bertz CT molecular complexity index is 881. The number of halogens is 4. The fourth-order valence-corrected chi connectivity index (χ4v) is 3.92. The molecule has 1 heterocycles. The molecule has 2 aromatic carbocycles. The summed E-state index contributed by atoms with van der Waals surface area (Å²) in [5.41, 5.74) is 4.75. The van der Waals surface area contributed by atoms with E-state index in [4.69, 9.17) is 5.73 Å². The zero-order chi connectivity index (χ0) is 22.6. The number of ketones is 1. The van der Waals surface area contributed by atoms with Gasteiger partial charge in [-0.25, -0.2) is 4.39 Å². The Morgan fingerprint density at radius 1 is 1.10 bits per heavy atom. The van der Waals surface area contributed by atoms with E-state index in [0.29, 0.717) is 11.1 Å². The van der Waals surface area contributed by atoms with E-state index in [1.807, 2.05) is 0 Å². The van der Waals surface area contributed by atoms with Gasteiger partial charge in [0.15, 0.2) is 12.1 Å². The number of Topliss-reactive ketones (excluding diaryl/α,β-unsaturated/α-hetero) is 1. The first kappa shape index (κ1) is 23.4. The second kappa shape index (κ2) is 9.46. The molecule has 4 nitrogen and oxygen atoms in total. The van der Waals surface area contributed by atoms with Crippen molar-refractivity contribution >= 4 is 5.78 Å². The van der Waals surface area contributed by atoms with E-state index in [0.717, 1.165) is 12.1 Å². The first-order valence-corrected chi connectivity index (χ1v) is 10.2. The highest BCUT2D eigenvalue weighted by molar-refractivity contribution is 5.99. The van der Waals surface area contributed by atoms with Crippen LogP contribution in [0.15, 0.2) is 54.6 Å². The number of rotatable bonds is 7. The van der Waals surface area contributed by atoms with Crippen LogP contribution in [0.25, 0.3) is 0 Å². The molecule has 1 aliphatic heterocycles. The Balaban J connectivity index is 1.54. The van der Waals surface area contributed by atoms with Crippen molar-refractivity contribution < 1.29 is 27.5 Å². The van der Waals surface area contributed by atoms with E-state index in [-0.39, 0.29) is 44.6 Å². The van der Waals surface area contributed by atoms with Gasteiger partial charge in [-0.05, 0) is 24.5 Å². The molecule has 2 unspecified atom stereocenters. The fourth-order valence-electron chi connectivity index (χ4n) is 3.92. The molecular weight excluding hydrogens is 412 g/mol. The van der Waals surface area contributed by atoms with Crippen LogP contribution < -0.4 is 5.73 Å². The normalized spacial score (nSPS) is 19.0. The van der Waals surface area contributed by atoms with Gasteiger partial charge in [-0.3, -0.25) is 9.69 Å². The smallest absolute Gasteiger partial charge is 0.389 e. The van der Waals surface area contributed by atoms with Crippen LogP contribution in [0.3, 0.4) is 0 Å². The van der Waals surface area contributed by atoms with Crippen molar-refractivity contribution in [3.8, 4) is 0 Å². The van der Waals surface area contributed by atoms with Crippen molar-refractivity contribution in [2.45, 2.75) is 49.8 Å². The van der Waals surface area contributed by atoms with Crippen molar-refractivity contribution in [3.05, 3.63) is 71.3 Å². The molecule has 1 aliphatic rings. The van der Waals surface area contributed by atoms with Crippen LogP contribution in [0.4, 0.5) is 17.6 Å². The number of nitrogens with two attached hydrogens (primary N) is 1. The van der Waals surface area contributed by atoms with Crippen molar-refractivity contribution in [2.75, 3.05) is 13.1 Å². The molecule has 3 rings (SSSR count). The lowest BCUT2D eigenvalue weighted by Crippen LogP contribution is -2.49. The Kier molecular flexibility index (Phi) is 7.13. The molecule has 0 aliphatic carbocycles. The summed E-state index contributed by atoms with van der Waals surface area (Å²) in [6, 6.07) is 12.4. The fraction of sp³-hybridized carbons (Fsp3) is 0.435. The topological polar surface area (TPSA) is 66.6 Å². The molecule has 0 amide bonds. The minimum absolute atomic E-state index is 0.0632. The largest absolute Gasteiger partial charge is 0.416 e. The molecule has 2 atom stereocenters. The Hall–Kier alpha value is -2.29. The van der Waals surface area contributed by atoms with Gasteiger partial charge in [0.1, 0.15) is 0 Å². The number of benzene rings is 2. The van der Waals surface area contributed by atoms with Crippen LogP contribution in [0, 0.1) is 0 Å². The van der Waals surface area contributed by atoms with Gasteiger partial charge >= 0.3 is 6.18 Å². The second-order valence-corrected chi connectivity index (χ2v) is 8.14. The van der Waals surface area contributed by atoms with Gasteiger partial charge in [-0.1, -0.05) is 48.5 Å². The minimum atomic E-state index is -4.45. The van der Waals surface area contributed by atoms with Crippen LogP contribution in [0.5, 0.6) is 0 Å². The highest BCUT2D eigenvalue weighted by Crippen LogP contribution is 2.32. The quantitative estimate of drug-likeness (QED) is 0.390. The van der Waals surface area contributed by atoms with Crippen molar-refractivity contribution in [3.63, 3.8) is 0 Å². The maximum Gasteiger partial charge on any atom is 0.416 e. The number of alkyl halides is 4. The van der Waals surface area contributed by atoms with E-state index >= 15 is 0 Å². The summed E-state index contributed by atoms with van der Waals surface area (Å²) >= 11 is 0. The predicted molar refractivity (Wildman–Crippen MR) is 109 cm³/mol. The number of hydrogen-bond acceptors (Lipinski definition) is 4. The molecule has 168 valence electrons. The number of nitrogens with zero attached hydrogens (tertiary/aromatic N) is 1. The Morgan fingerprint density at radius 3 is 2.35 bits per heavy atom. The average Bonchev–Trinajstić information content (AvgIpc) is 2.73. The molecule has 0 aromatic heterocycles. The third kappa shape index (κ3) is 6.12. The predicted octanol–water partition coefficient (Wildman–Crippen LogP) is 3.97. The van der Waals surface area contributed by atoms with Crippen molar-refractivity contribution in [1.82, 2.24) is 4.90 Å². The van der Waals surface area contributed by atoms with Gasteiger partial charge in [0, 0.05) is 31.5 Å². The zero-order valence-corrected chi connectivity index (χ0v) is 17.0. The molecule has 1 saturated heterocycles. The third-order valence-electron chi connectivity index (χ3n) is 5.76. The first-order valence-electron chi connectivity index (χ1n) is 10.2. The molecule has 1 fully saturated rings. The number of piperidine rings is 1. The summed E-state index contributed by atoms with van der Waals surface area (Å²) in [5.74, 6) is -0.332. The molecule has 0 spiro atoms. The van der Waals surface area contributed by atoms with E-state index in [1.165, 1.54) is 11.0 Å². The maximum atomic E-state index is 14.8. The minimum Gasteiger partial charge on any atom is -0.389 e. The third-order valence-corrected chi connectivity index (χ3v) is 5.76. The van der Waals surface area contributed by atoms with Gasteiger partial charge in [0.25, 0.3) is 0 Å². The maximum absolute atomic E-state index is 14.8. The number of aliphatic hydroxyl groups is 1. The molecule has 3 N–H and O–H groups in total. The molecule has 2 aromatic rings. The monoisotopic (exact) mass is 438 g/mol. The van der Waals surface area contributed by atoms with Gasteiger partial charge in [-0.2, -0.15) is 13.2 Å². The lowest BCUT2D eigenvalue weighted by atomic mass is 9.84. The molecule has 0 radical (unpaired) electrons. The molecule has 8 heteroatoms. The average molecular weight is 438 g/mol. The summed E-state index contributed by atoms with van der Waals surface area (Å²) in [6.45, 7) is 0.450. The van der Waals surface area contributed by atoms with Crippen LogP contribution >= 0.6 is 0 Å². The Morgan fingerprint density at radius 2 is 1.74 bits per heavy atom. The summed E-state index contributed by atoms with van der Waals surface area (Å²) in [4.78, 5) is 13.8. The number of hydrogen-bond donors (Lipinski definition) is 2. The highest BCUT2D eigenvalue weighted by atomic mass is 19.4. The lowest BCUT2D eigenvalue weighted by molar-refractivity contribution is -0.137. The summed E-state index contributed by atoms with van der Waals surface area (Å²) < 4.78 is 53.5. The highest BCUT2D eigenvalue weighted by Gasteiger charge is 2.36. The second-order valence-electron chi connectivity index (χ2n) is 8.14. The van der Waals surface area contributed by atoms with Crippen LogP contribution in [-0.2, 0) is 12.6 Å². The van der Waals surface area contributed by atoms with Crippen LogP contribution in [0.1, 0.15) is 40.7 Å². The first-order chi connectivity index (χ1) is 14.6. The van der Waals surface area contributed by atoms with Crippen molar-refractivity contribution in [1.29, 1.82) is 0 Å². The van der Waals surface area contributed by atoms with E-state index in [9.17, 15) is 27.5 Å². The van der Waals surface area contributed by atoms with Gasteiger partial charge in [0.05, 0.1) is 17.2 Å². The zero-order valence-electron chi connectivity index (χ0n) is 17.0. The van der Waals surface area contributed by atoms with E-state index in [1.54, 1.807) is 36.4 Å². The van der Waals surface area contributed by atoms with Gasteiger partial charge in [-0.15, -0.1) is 0 Å². The number of carbonyl (C=O) groups excluding carboxylic acids is 1. The van der Waals surface area contributed by atoms with Crippen LogP contribution in [0.2, 0.25) is 0 Å². The number of carbonyl (C=O) groups is 1. The molecule has 0 bridgehead atoms. The summed E-state index contributed by atoms with van der Waals surface area (Å²) in [5, 5.41) is 10.8. The molecule has 31 heavy (non-hydrogen) atoms. The SMILES string of the molecule is NC(CC(F)N1CCC(O)(Cc2cccc(C(F)(F)F)c2)CC1)C(=O)c1ccccc1. The van der Waals surface area contributed by atoms with Gasteiger partial charge < -0.3 is 10.8 Å². The molecular formula is C23H26F4N2O2. The Labute approximate surface area is 178 Å². The standard InChI is InChI=1S/C23H26F4N2O2/c24-20(14-19(28)21(30)17-6-2-1-3-7-17)29-11-9-22(31,10-12-29)15-16-5-4-8-18(13-16)23(25,26)27/h1-8,13,19-20,31H,9-12,14-15,28H2. The summed E-state index contributed by atoms with van der Waals surface area (Å²) in [7, 11) is 0. The van der Waals surface area contributed by atoms with Crippen LogP contribution in [-0.4, -0.2) is 46.8 Å². The lowest BCUT2D eigenvalue weighted by Gasteiger charge is -2.40. The molecule has 0 saturated carbocycles. The number of likely N-dealkylation sites (tertiary alicyclic amines) is 1. The van der Waals surface area contributed by atoms with E-state index in [2.05, 4.69) is 0 Å².